The summed E-state index contributed by atoms with van der Waals surface area (Å²) in [6.07, 6.45) is 3.72. The molecule has 0 amide bonds. The fourth-order valence-electron chi connectivity index (χ4n) is 3.18. The lowest BCUT2D eigenvalue weighted by molar-refractivity contribution is 0.260. The molecule has 112 valence electrons. The Balaban J connectivity index is 2.18. The van der Waals surface area contributed by atoms with Gasteiger partial charge in [-0.1, -0.05) is 31.5 Å². The molecule has 0 radical (unpaired) electrons. The highest BCUT2D eigenvalue weighted by Crippen LogP contribution is 2.41. The van der Waals surface area contributed by atoms with Crippen LogP contribution in [-0.2, 0) is 6.42 Å². The summed E-state index contributed by atoms with van der Waals surface area (Å²) in [6, 6.07) is 4.96. The van der Waals surface area contributed by atoms with Crippen molar-refractivity contribution < 1.29 is 4.39 Å². The van der Waals surface area contributed by atoms with Gasteiger partial charge in [0.15, 0.2) is 0 Å². The lowest BCUT2D eigenvalue weighted by Gasteiger charge is -2.35. The third kappa shape index (κ3) is 2.47. The van der Waals surface area contributed by atoms with Gasteiger partial charge in [-0.15, -0.1) is 0 Å². The molecule has 0 spiro atoms. The molecule has 21 heavy (non-hydrogen) atoms. The zero-order chi connectivity index (χ0) is 15.2. The van der Waals surface area contributed by atoms with Crippen LogP contribution in [0.25, 0.3) is 5.69 Å². The monoisotopic (exact) mass is 307 g/mol. The zero-order valence-electron chi connectivity index (χ0n) is 12.5. The summed E-state index contributed by atoms with van der Waals surface area (Å²) in [4.78, 5) is 0. The number of para-hydroxylation sites is 1. The van der Waals surface area contributed by atoms with E-state index in [-0.39, 0.29) is 17.3 Å². The normalized spacial score (nSPS) is 20.3. The highest BCUT2D eigenvalue weighted by molar-refractivity contribution is 6.32. The smallest absolute Gasteiger partial charge is 0.150 e. The van der Waals surface area contributed by atoms with E-state index < -0.39 is 0 Å². The molecule has 1 aliphatic rings. The van der Waals surface area contributed by atoms with Crippen molar-refractivity contribution in [3.8, 4) is 5.69 Å². The molecule has 5 heteroatoms. The summed E-state index contributed by atoms with van der Waals surface area (Å²) in [5.74, 6) is -0.349. The number of hydrogen-bond donors (Lipinski definition) is 1. The fourth-order valence-corrected chi connectivity index (χ4v) is 3.43. The number of benzene rings is 1. The highest BCUT2D eigenvalue weighted by Gasteiger charge is 2.35. The molecule has 1 aliphatic carbocycles. The number of fused-ring (bicyclic) bond motifs is 1. The first-order valence-electron chi connectivity index (χ1n) is 7.11. The minimum absolute atomic E-state index is 0.135. The van der Waals surface area contributed by atoms with Crippen molar-refractivity contribution in [2.75, 3.05) is 7.05 Å². The van der Waals surface area contributed by atoms with Gasteiger partial charge in [-0.3, -0.25) is 0 Å². The van der Waals surface area contributed by atoms with Gasteiger partial charge in [-0.05, 0) is 37.4 Å². The van der Waals surface area contributed by atoms with Crippen molar-refractivity contribution >= 4 is 11.6 Å². The molecular formula is C16H19ClFN3. The van der Waals surface area contributed by atoms with Gasteiger partial charge in [0.05, 0.1) is 11.2 Å². The molecule has 1 aromatic heterocycles. The molecule has 2 aromatic rings. The molecule has 0 aliphatic heterocycles. The number of nitrogens with one attached hydrogen (secondary N) is 1. The Morgan fingerprint density at radius 1 is 1.43 bits per heavy atom. The van der Waals surface area contributed by atoms with Crippen molar-refractivity contribution in [3.05, 3.63) is 46.5 Å². The van der Waals surface area contributed by atoms with Gasteiger partial charge in [-0.2, -0.15) is 5.10 Å². The van der Waals surface area contributed by atoms with Gasteiger partial charge in [0.2, 0.25) is 0 Å². The van der Waals surface area contributed by atoms with E-state index >= 15 is 0 Å². The van der Waals surface area contributed by atoms with Crippen LogP contribution in [0.4, 0.5) is 4.39 Å². The Bertz CT molecular complexity index is 658. The number of aromatic nitrogens is 2. The summed E-state index contributed by atoms with van der Waals surface area (Å²) in [6.45, 7) is 4.45. The average molecular weight is 308 g/mol. The largest absolute Gasteiger partial charge is 0.313 e. The topological polar surface area (TPSA) is 29.9 Å². The Kier molecular flexibility index (Phi) is 3.54. The molecule has 0 bridgehead atoms. The van der Waals surface area contributed by atoms with Crippen LogP contribution in [-0.4, -0.2) is 16.8 Å². The molecular weight excluding hydrogens is 289 g/mol. The molecule has 0 saturated heterocycles. The Morgan fingerprint density at radius 3 is 2.86 bits per heavy atom. The van der Waals surface area contributed by atoms with E-state index in [1.165, 1.54) is 6.07 Å². The van der Waals surface area contributed by atoms with Gasteiger partial charge in [0.25, 0.3) is 0 Å². The summed E-state index contributed by atoms with van der Waals surface area (Å²) >= 11 is 6.19. The molecule has 1 aromatic carbocycles. The predicted molar refractivity (Wildman–Crippen MR) is 82.4 cm³/mol. The molecule has 0 saturated carbocycles. The molecule has 3 rings (SSSR count). The van der Waals surface area contributed by atoms with Crippen molar-refractivity contribution in [2.45, 2.75) is 32.7 Å². The minimum atomic E-state index is -0.349. The highest BCUT2D eigenvalue weighted by atomic mass is 35.5. The van der Waals surface area contributed by atoms with Crippen LogP contribution in [0.3, 0.4) is 0 Å². The van der Waals surface area contributed by atoms with E-state index in [1.807, 2.05) is 13.2 Å². The maximum absolute atomic E-state index is 14.2. The molecule has 0 fully saturated rings. The lowest BCUT2D eigenvalue weighted by Crippen LogP contribution is -2.32. The third-order valence-electron chi connectivity index (χ3n) is 4.18. The van der Waals surface area contributed by atoms with E-state index in [2.05, 4.69) is 24.3 Å². The molecule has 1 N–H and O–H groups in total. The number of halogens is 2. The van der Waals surface area contributed by atoms with Gasteiger partial charge in [-0.25, -0.2) is 9.07 Å². The van der Waals surface area contributed by atoms with Gasteiger partial charge < -0.3 is 5.32 Å². The van der Waals surface area contributed by atoms with Crippen LogP contribution in [0.2, 0.25) is 5.02 Å². The van der Waals surface area contributed by atoms with Crippen LogP contribution in [0.5, 0.6) is 0 Å². The van der Waals surface area contributed by atoms with E-state index in [0.717, 1.165) is 24.1 Å². The standard InChI is InChI=1S/C16H19ClFN3/c1-16(2)7-13(19-3)10-9-20-21(14(10)8-16)15-11(17)5-4-6-12(15)18/h4-6,9,13,19H,7-8H2,1-3H3. The molecule has 1 atom stereocenters. The van der Waals surface area contributed by atoms with Crippen molar-refractivity contribution in [1.82, 2.24) is 15.1 Å². The zero-order valence-corrected chi connectivity index (χ0v) is 13.2. The quantitative estimate of drug-likeness (QED) is 0.912. The second-order valence-electron chi connectivity index (χ2n) is 6.42. The van der Waals surface area contributed by atoms with Crippen molar-refractivity contribution in [2.24, 2.45) is 5.41 Å². The summed E-state index contributed by atoms with van der Waals surface area (Å²) in [5, 5.41) is 8.12. The third-order valence-corrected chi connectivity index (χ3v) is 4.48. The molecule has 1 unspecified atom stereocenters. The SMILES string of the molecule is CNC1CC(C)(C)Cc2c1cnn2-c1c(F)cccc1Cl. The van der Waals surface area contributed by atoms with Gasteiger partial charge in [0.1, 0.15) is 11.5 Å². The predicted octanol–water partition coefficient (Wildman–Crippen LogP) is 3.90. The van der Waals surface area contributed by atoms with Crippen molar-refractivity contribution in [3.63, 3.8) is 0 Å². The Hall–Kier alpha value is -1.39. The van der Waals surface area contributed by atoms with E-state index in [9.17, 15) is 4.39 Å². The second-order valence-corrected chi connectivity index (χ2v) is 6.82. The Morgan fingerprint density at radius 2 is 2.19 bits per heavy atom. The van der Waals surface area contributed by atoms with Gasteiger partial charge >= 0.3 is 0 Å². The van der Waals surface area contributed by atoms with Crippen LogP contribution in [0.1, 0.15) is 37.6 Å². The number of nitrogens with zero attached hydrogens (tertiary/aromatic N) is 2. The number of hydrogen-bond acceptors (Lipinski definition) is 2. The van der Waals surface area contributed by atoms with E-state index in [4.69, 9.17) is 11.6 Å². The molecule has 3 nitrogen and oxygen atoms in total. The van der Waals surface area contributed by atoms with E-state index in [0.29, 0.717) is 10.7 Å². The lowest BCUT2D eigenvalue weighted by atomic mass is 9.74. The first-order valence-corrected chi connectivity index (χ1v) is 7.49. The van der Waals surface area contributed by atoms with Gasteiger partial charge in [0, 0.05) is 17.3 Å². The van der Waals surface area contributed by atoms with Crippen LogP contribution in [0.15, 0.2) is 24.4 Å². The van der Waals surface area contributed by atoms with Crippen LogP contribution < -0.4 is 5.32 Å². The van der Waals surface area contributed by atoms with Crippen LogP contribution in [0, 0.1) is 11.2 Å². The average Bonchev–Trinajstić information content (AvgIpc) is 2.80. The first-order chi connectivity index (χ1) is 9.93. The maximum atomic E-state index is 14.2. The van der Waals surface area contributed by atoms with E-state index in [1.54, 1.807) is 16.8 Å². The first kappa shape index (κ1) is 14.5. The summed E-state index contributed by atoms with van der Waals surface area (Å²) in [5.41, 5.74) is 2.65. The van der Waals surface area contributed by atoms with Crippen LogP contribution >= 0.6 is 11.6 Å². The fraction of sp³-hybridized carbons (Fsp3) is 0.438. The number of rotatable bonds is 2. The summed E-state index contributed by atoms with van der Waals surface area (Å²) < 4.78 is 15.9. The van der Waals surface area contributed by atoms with Crippen molar-refractivity contribution in [1.29, 1.82) is 0 Å². The second kappa shape index (κ2) is 5.11. The minimum Gasteiger partial charge on any atom is -0.313 e. The molecule has 1 heterocycles. The maximum Gasteiger partial charge on any atom is 0.150 e. The Labute approximate surface area is 129 Å². The summed E-state index contributed by atoms with van der Waals surface area (Å²) in [7, 11) is 1.95.